The molecular weight excluding hydrogens is 276 g/mol. The molecule has 0 spiro atoms. The van der Waals surface area contributed by atoms with E-state index in [-0.39, 0.29) is 17.6 Å². The molecule has 0 aliphatic heterocycles. The third kappa shape index (κ3) is 3.70. The van der Waals surface area contributed by atoms with E-state index in [9.17, 15) is 4.79 Å². The van der Waals surface area contributed by atoms with Gasteiger partial charge in [0, 0.05) is 24.7 Å². The highest BCUT2D eigenvalue weighted by atomic mass is 16.3. The second-order valence-corrected chi connectivity index (χ2v) is 6.09. The van der Waals surface area contributed by atoms with Gasteiger partial charge in [0.1, 0.15) is 17.3 Å². The second-order valence-electron chi connectivity index (χ2n) is 6.09. The summed E-state index contributed by atoms with van der Waals surface area (Å²) in [5.74, 6) is 2.55. The van der Waals surface area contributed by atoms with Crippen LogP contribution < -0.4 is 0 Å². The van der Waals surface area contributed by atoms with Crippen LogP contribution in [0.4, 0.5) is 0 Å². The van der Waals surface area contributed by atoms with Crippen molar-refractivity contribution >= 4 is 5.78 Å². The molecule has 2 unspecified atom stereocenters. The minimum Gasteiger partial charge on any atom is -0.469 e. The molecule has 2 aromatic heterocycles. The lowest BCUT2D eigenvalue weighted by Crippen LogP contribution is -2.11. The number of aryl methyl sites for hydroxylation is 2. The summed E-state index contributed by atoms with van der Waals surface area (Å²) in [6, 6.07) is 3.92. The minimum atomic E-state index is 0.178. The lowest BCUT2D eigenvalue weighted by molar-refractivity contribution is -0.120. The van der Waals surface area contributed by atoms with Gasteiger partial charge >= 0.3 is 0 Å². The number of ketones is 1. The molecule has 2 atom stereocenters. The van der Waals surface area contributed by atoms with Gasteiger partial charge in [-0.05, 0) is 49.9 Å². The molecule has 0 aromatic carbocycles. The SMILES string of the molecule is CCC(CC(=O)CC(CC)c1occc1C)c1occc1C. The van der Waals surface area contributed by atoms with Crippen molar-refractivity contribution in [2.24, 2.45) is 0 Å². The van der Waals surface area contributed by atoms with Crippen LogP contribution in [0.25, 0.3) is 0 Å². The number of Topliss-reactive ketones (excluding diaryl/α,β-unsaturated/α-hetero) is 1. The smallest absolute Gasteiger partial charge is 0.134 e. The van der Waals surface area contributed by atoms with Crippen LogP contribution in [-0.2, 0) is 4.79 Å². The van der Waals surface area contributed by atoms with Crippen LogP contribution in [-0.4, -0.2) is 5.78 Å². The Morgan fingerprint density at radius 2 is 1.32 bits per heavy atom. The van der Waals surface area contributed by atoms with Gasteiger partial charge in [0.05, 0.1) is 12.5 Å². The number of hydrogen-bond acceptors (Lipinski definition) is 3. The van der Waals surface area contributed by atoms with Gasteiger partial charge in [0.2, 0.25) is 0 Å². The Balaban J connectivity index is 2.02. The maximum Gasteiger partial charge on any atom is 0.134 e. The number of rotatable bonds is 8. The Morgan fingerprint density at radius 1 is 0.909 bits per heavy atom. The van der Waals surface area contributed by atoms with Crippen molar-refractivity contribution in [1.29, 1.82) is 0 Å². The van der Waals surface area contributed by atoms with Gasteiger partial charge in [-0.25, -0.2) is 0 Å². The fourth-order valence-corrected chi connectivity index (χ4v) is 3.08. The summed E-state index contributed by atoms with van der Waals surface area (Å²) in [6.45, 7) is 8.28. The quantitative estimate of drug-likeness (QED) is 0.644. The average molecular weight is 302 g/mol. The van der Waals surface area contributed by atoms with Crippen molar-refractivity contribution in [1.82, 2.24) is 0 Å². The zero-order chi connectivity index (χ0) is 16.1. The van der Waals surface area contributed by atoms with Gasteiger partial charge in [0.15, 0.2) is 0 Å². The van der Waals surface area contributed by atoms with Crippen LogP contribution in [0.1, 0.15) is 74.0 Å². The van der Waals surface area contributed by atoms with Gasteiger partial charge < -0.3 is 8.83 Å². The first-order valence-corrected chi connectivity index (χ1v) is 8.16. The van der Waals surface area contributed by atoms with Crippen molar-refractivity contribution in [2.75, 3.05) is 0 Å². The summed E-state index contributed by atoms with van der Waals surface area (Å²) in [5.41, 5.74) is 2.27. The molecule has 2 rings (SSSR count). The molecule has 120 valence electrons. The standard InChI is InChI=1S/C19H26O3/c1-5-15(18-13(3)7-9-21-18)11-17(20)12-16(6-2)19-14(4)8-10-22-19/h7-10,15-16H,5-6,11-12H2,1-4H3. The predicted octanol–water partition coefficient (Wildman–Crippen LogP) is 5.53. The van der Waals surface area contributed by atoms with E-state index in [0.717, 1.165) is 35.5 Å². The highest BCUT2D eigenvalue weighted by molar-refractivity contribution is 5.80. The fraction of sp³-hybridized carbons (Fsp3) is 0.526. The predicted molar refractivity (Wildman–Crippen MR) is 87.2 cm³/mol. The fourth-order valence-electron chi connectivity index (χ4n) is 3.08. The number of carbonyl (C=O) groups is 1. The van der Waals surface area contributed by atoms with Crippen molar-refractivity contribution in [3.05, 3.63) is 47.3 Å². The first-order chi connectivity index (χ1) is 10.6. The van der Waals surface area contributed by atoms with Crippen LogP contribution in [0.3, 0.4) is 0 Å². The zero-order valence-electron chi connectivity index (χ0n) is 14.0. The molecule has 0 N–H and O–H groups in total. The molecule has 0 radical (unpaired) electrons. The van der Waals surface area contributed by atoms with Gasteiger partial charge in [0.25, 0.3) is 0 Å². The Bertz CT molecular complexity index is 553. The van der Waals surface area contributed by atoms with Crippen LogP contribution in [0.15, 0.2) is 33.5 Å². The van der Waals surface area contributed by atoms with Crippen molar-refractivity contribution in [3.8, 4) is 0 Å². The van der Waals surface area contributed by atoms with Crippen LogP contribution in [0.2, 0.25) is 0 Å². The molecule has 0 fully saturated rings. The average Bonchev–Trinajstić information content (AvgIpc) is 3.11. The van der Waals surface area contributed by atoms with Gasteiger partial charge in [-0.2, -0.15) is 0 Å². The van der Waals surface area contributed by atoms with Crippen molar-refractivity contribution in [3.63, 3.8) is 0 Å². The number of hydrogen-bond donors (Lipinski definition) is 0. The number of furan rings is 2. The normalized spacial score (nSPS) is 14.0. The molecule has 3 heteroatoms. The van der Waals surface area contributed by atoms with E-state index >= 15 is 0 Å². The topological polar surface area (TPSA) is 43.4 Å². The van der Waals surface area contributed by atoms with Gasteiger partial charge in [-0.1, -0.05) is 13.8 Å². The third-order valence-electron chi connectivity index (χ3n) is 4.48. The molecule has 2 heterocycles. The molecule has 0 amide bonds. The lowest BCUT2D eigenvalue weighted by Gasteiger charge is -2.16. The Hall–Kier alpha value is -1.77. The Morgan fingerprint density at radius 3 is 1.59 bits per heavy atom. The number of carbonyl (C=O) groups excluding carboxylic acids is 1. The van der Waals surface area contributed by atoms with E-state index in [1.54, 1.807) is 12.5 Å². The maximum atomic E-state index is 12.5. The molecule has 3 nitrogen and oxygen atoms in total. The minimum absolute atomic E-state index is 0.178. The molecular formula is C19H26O3. The first kappa shape index (κ1) is 16.6. The van der Waals surface area contributed by atoms with Crippen LogP contribution in [0.5, 0.6) is 0 Å². The van der Waals surface area contributed by atoms with E-state index in [2.05, 4.69) is 13.8 Å². The lowest BCUT2D eigenvalue weighted by atomic mass is 9.88. The summed E-state index contributed by atoms with van der Waals surface area (Å²) in [5, 5.41) is 0. The third-order valence-corrected chi connectivity index (χ3v) is 4.48. The van der Waals surface area contributed by atoms with E-state index < -0.39 is 0 Å². The molecule has 22 heavy (non-hydrogen) atoms. The largest absolute Gasteiger partial charge is 0.469 e. The van der Waals surface area contributed by atoms with E-state index in [4.69, 9.17) is 8.83 Å². The molecule has 2 aromatic rings. The van der Waals surface area contributed by atoms with E-state index in [1.165, 1.54) is 0 Å². The Kier molecular flexibility index (Phi) is 5.64. The Labute approximate surface area is 132 Å². The molecule has 0 aliphatic rings. The highest BCUT2D eigenvalue weighted by Crippen LogP contribution is 2.31. The highest BCUT2D eigenvalue weighted by Gasteiger charge is 2.23. The van der Waals surface area contributed by atoms with Crippen LogP contribution >= 0.6 is 0 Å². The summed E-state index contributed by atoms with van der Waals surface area (Å²) < 4.78 is 11.1. The van der Waals surface area contributed by atoms with Crippen molar-refractivity contribution in [2.45, 2.75) is 65.2 Å². The van der Waals surface area contributed by atoms with E-state index in [0.29, 0.717) is 12.8 Å². The second kappa shape index (κ2) is 7.48. The van der Waals surface area contributed by atoms with Gasteiger partial charge in [-0.15, -0.1) is 0 Å². The van der Waals surface area contributed by atoms with Gasteiger partial charge in [-0.3, -0.25) is 4.79 Å². The monoisotopic (exact) mass is 302 g/mol. The maximum absolute atomic E-state index is 12.5. The molecule has 0 aliphatic carbocycles. The first-order valence-electron chi connectivity index (χ1n) is 8.16. The summed E-state index contributed by atoms with van der Waals surface area (Å²) in [6.07, 6.45) is 6.33. The molecule has 0 saturated carbocycles. The summed E-state index contributed by atoms with van der Waals surface area (Å²) in [4.78, 5) is 12.5. The molecule has 0 bridgehead atoms. The van der Waals surface area contributed by atoms with Crippen molar-refractivity contribution < 1.29 is 13.6 Å². The van der Waals surface area contributed by atoms with Crippen LogP contribution in [0, 0.1) is 13.8 Å². The molecule has 0 saturated heterocycles. The summed E-state index contributed by atoms with van der Waals surface area (Å²) in [7, 11) is 0. The van der Waals surface area contributed by atoms with E-state index in [1.807, 2.05) is 26.0 Å². The zero-order valence-corrected chi connectivity index (χ0v) is 14.0. The summed E-state index contributed by atoms with van der Waals surface area (Å²) >= 11 is 0.